The highest BCUT2D eigenvalue weighted by Gasteiger charge is 2.59. The second-order valence-corrected chi connectivity index (χ2v) is 5.31. The molecule has 0 aromatic heterocycles. The van der Waals surface area contributed by atoms with E-state index in [0.717, 1.165) is 0 Å². The van der Waals surface area contributed by atoms with Gasteiger partial charge in [0.15, 0.2) is 5.79 Å². The fourth-order valence-corrected chi connectivity index (χ4v) is 3.19. The lowest BCUT2D eigenvalue weighted by atomic mass is 10.0. The van der Waals surface area contributed by atoms with E-state index in [0.29, 0.717) is 18.6 Å². The fourth-order valence-electron chi connectivity index (χ4n) is 3.19. The zero-order valence-electron chi connectivity index (χ0n) is 9.40. The first-order valence-corrected chi connectivity index (χ1v) is 5.57. The van der Waals surface area contributed by atoms with E-state index in [1.165, 1.54) is 0 Å². The molecule has 3 aliphatic heterocycles. The number of carbonyl (C=O) groups excluding carboxylic acids is 1. The topological polar surface area (TPSA) is 38.8 Å². The van der Waals surface area contributed by atoms with Crippen LogP contribution in [-0.2, 0) is 14.3 Å². The van der Waals surface area contributed by atoms with Gasteiger partial charge in [0.25, 0.3) is 0 Å². The highest BCUT2D eigenvalue weighted by Crippen LogP contribution is 2.44. The number of carbonyl (C=O) groups is 1. The summed E-state index contributed by atoms with van der Waals surface area (Å²) < 4.78 is 11.8. The third-order valence-corrected chi connectivity index (χ3v) is 3.84. The van der Waals surface area contributed by atoms with Crippen LogP contribution in [0.2, 0.25) is 0 Å². The average molecular weight is 211 g/mol. The predicted octanol–water partition coefficient (Wildman–Crippen LogP) is 0.552. The maximum absolute atomic E-state index is 11.5. The van der Waals surface area contributed by atoms with Crippen molar-refractivity contribution in [1.29, 1.82) is 0 Å². The van der Waals surface area contributed by atoms with Crippen molar-refractivity contribution in [3.05, 3.63) is 0 Å². The Morgan fingerprint density at radius 1 is 1.20 bits per heavy atom. The molecule has 0 amide bonds. The van der Waals surface area contributed by atoms with Crippen LogP contribution in [0.5, 0.6) is 0 Å². The highest BCUT2D eigenvalue weighted by molar-refractivity contribution is 5.81. The Labute approximate surface area is 89.5 Å². The Bertz CT molecular complexity index is 289. The third kappa shape index (κ3) is 1.28. The molecule has 4 nitrogen and oxygen atoms in total. The number of piperidine rings is 1. The molecule has 0 aliphatic carbocycles. The normalized spacial score (nSPS) is 48.3. The van der Waals surface area contributed by atoms with Crippen molar-refractivity contribution >= 4 is 5.78 Å². The SMILES string of the molecule is CN1[C@@H]2CC(=O)C[C@H]1[C@@H]1OC(C)(C)O[C@@H]12. The van der Waals surface area contributed by atoms with Crippen molar-refractivity contribution in [2.24, 2.45) is 0 Å². The van der Waals surface area contributed by atoms with Crippen molar-refractivity contribution in [3.63, 3.8) is 0 Å². The molecule has 3 rings (SSSR count). The molecule has 0 aromatic carbocycles. The van der Waals surface area contributed by atoms with Crippen LogP contribution in [0.1, 0.15) is 26.7 Å². The van der Waals surface area contributed by atoms with Gasteiger partial charge in [-0.2, -0.15) is 0 Å². The minimum Gasteiger partial charge on any atom is -0.343 e. The molecule has 3 aliphatic rings. The van der Waals surface area contributed by atoms with Gasteiger partial charge in [0.2, 0.25) is 0 Å². The van der Waals surface area contributed by atoms with Gasteiger partial charge in [0.05, 0.1) is 0 Å². The zero-order chi connectivity index (χ0) is 10.8. The molecule has 0 unspecified atom stereocenters. The monoisotopic (exact) mass is 211 g/mol. The smallest absolute Gasteiger partial charge is 0.163 e. The maximum atomic E-state index is 11.5. The first kappa shape index (κ1) is 9.75. The van der Waals surface area contributed by atoms with Crippen LogP contribution in [0.4, 0.5) is 0 Å². The maximum Gasteiger partial charge on any atom is 0.163 e. The molecule has 0 radical (unpaired) electrons. The number of rotatable bonds is 0. The number of ketones is 1. The van der Waals surface area contributed by atoms with E-state index in [9.17, 15) is 4.79 Å². The second-order valence-electron chi connectivity index (χ2n) is 5.31. The van der Waals surface area contributed by atoms with Crippen LogP contribution in [-0.4, -0.2) is 47.8 Å². The predicted molar refractivity (Wildman–Crippen MR) is 53.4 cm³/mol. The first-order valence-electron chi connectivity index (χ1n) is 5.57. The Balaban J connectivity index is 1.91. The van der Waals surface area contributed by atoms with Crippen molar-refractivity contribution in [3.8, 4) is 0 Å². The van der Waals surface area contributed by atoms with Crippen LogP contribution in [0, 0.1) is 0 Å². The quantitative estimate of drug-likeness (QED) is 0.586. The summed E-state index contributed by atoms with van der Waals surface area (Å²) in [6.45, 7) is 3.89. The molecule has 0 saturated carbocycles. The lowest BCUT2D eigenvalue weighted by Gasteiger charge is -2.34. The molecule has 15 heavy (non-hydrogen) atoms. The number of likely N-dealkylation sites (N-methyl/N-ethyl adjacent to an activating group) is 1. The standard InChI is InChI=1S/C11H17NO3/c1-11(2)14-9-7-4-6(13)5-8(12(7)3)10(9)15-11/h7-10H,4-5H2,1-3H3/t7-,8+,9-,10+. The highest BCUT2D eigenvalue weighted by atomic mass is 16.8. The number of fused-ring (bicyclic) bond motifs is 5. The molecule has 2 bridgehead atoms. The van der Waals surface area contributed by atoms with Gasteiger partial charge >= 0.3 is 0 Å². The molecule has 3 heterocycles. The fraction of sp³-hybridized carbons (Fsp3) is 0.909. The van der Waals surface area contributed by atoms with Gasteiger partial charge < -0.3 is 9.47 Å². The van der Waals surface area contributed by atoms with Gasteiger partial charge in [-0.25, -0.2) is 0 Å². The van der Waals surface area contributed by atoms with E-state index in [1.807, 2.05) is 13.8 Å². The Hall–Kier alpha value is -0.450. The molecule has 0 aromatic rings. The van der Waals surface area contributed by atoms with Gasteiger partial charge in [-0.1, -0.05) is 0 Å². The van der Waals surface area contributed by atoms with E-state index in [2.05, 4.69) is 11.9 Å². The molecule has 4 atom stereocenters. The summed E-state index contributed by atoms with van der Waals surface area (Å²) in [7, 11) is 2.07. The van der Waals surface area contributed by atoms with Gasteiger partial charge in [-0.15, -0.1) is 0 Å². The van der Waals surface area contributed by atoms with Crippen molar-refractivity contribution in [2.75, 3.05) is 7.05 Å². The van der Waals surface area contributed by atoms with Crippen molar-refractivity contribution < 1.29 is 14.3 Å². The summed E-state index contributed by atoms with van der Waals surface area (Å²) in [5.41, 5.74) is 0. The Kier molecular flexibility index (Phi) is 1.83. The third-order valence-electron chi connectivity index (χ3n) is 3.84. The number of nitrogens with zero attached hydrogens (tertiary/aromatic N) is 1. The second kappa shape index (κ2) is 2.81. The van der Waals surface area contributed by atoms with E-state index in [1.54, 1.807) is 0 Å². The number of ether oxygens (including phenoxy) is 2. The minimum absolute atomic E-state index is 0.0847. The summed E-state index contributed by atoms with van der Waals surface area (Å²) >= 11 is 0. The number of hydrogen-bond donors (Lipinski definition) is 0. The van der Waals surface area contributed by atoms with E-state index in [-0.39, 0.29) is 24.3 Å². The van der Waals surface area contributed by atoms with E-state index < -0.39 is 5.79 Å². The summed E-state index contributed by atoms with van der Waals surface area (Å²) in [6, 6.07) is 0.450. The summed E-state index contributed by atoms with van der Waals surface area (Å²) in [4.78, 5) is 13.8. The van der Waals surface area contributed by atoms with Crippen molar-refractivity contribution in [1.82, 2.24) is 4.90 Å². The number of Topliss-reactive ketones (excluding diaryl/α,β-unsaturated/α-hetero) is 1. The average Bonchev–Trinajstić information content (AvgIpc) is 2.49. The summed E-state index contributed by atoms with van der Waals surface area (Å²) in [5.74, 6) is -0.129. The molecular formula is C11H17NO3. The molecule has 84 valence electrons. The zero-order valence-corrected chi connectivity index (χ0v) is 9.40. The minimum atomic E-state index is -0.479. The summed E-state index contributed by atoms with van der Waals surface area (Å²) in [6.07, 6.45) is 1.41. The molecular weight excluding hydrogens is 194 g/mol. The van der Waals surface area contributed by atoms with Gasteiger partial charge in [0.1, 0.15) is 18.0 Å². The van der Waals surface area contributed by atoms with Crippen LogP contribution in [0.15, 0.2) is 0 Å². The number of hydrogen-bond acceptors (Lipinski definition) is 4. The molecule has 4 heteroatoms. The molecule has 0 N–H and O–H groups in total. The van der Waals surface area contributed by atoms with E-state index >= 15 is 0 Å². The molecule has 3 fully saturated rings. The molecule has 0 spiro atoms. The van der Waals surface area contributed by atoms with Crippen molar-refractivity contribution in [2.45, 2.75) is 56.8 Å². The largest absolute Gasteiger partial charge is 0.343 e. The Morgan fingerprint density at radius 2 is 1.67 bits per heavy atom. The van der Waals surface area contributed by atoms with Gasteiger partial charge in [0, 0.05) is 24.9 Å². The van der Waals surface area contributed by atoms with Gasteiger partial charge in [-0.05, 0) is 20.9 Å². The Morgan fingerprint density at radius 3 is 2.13 bits per heavy atom. The lowest BCUT2D eigenvalue weighted by Crippen LogP contribution is -2.45. The van der Waals surface area contributed by atoms with Crippen LogP contribution in [0.25, 0.3) is 0 Å². The summed E-state index contributed by atoms with van der Waals surface area (Å²) in [5, 5.41) is 0. The van der Waals surface area contributed by atoms with Gasteiger partial charge in [-0.3, -0.25) is 9.69 Å². The van der Waals surface area contributed by atoms with E-state index in [4.69, 9.17) is 9.47 Å². The van der Waals surface area contributed by atoms with Crippen LogP contribution in [0.3, 0.4) is 0 Å². The van der Waals surface area contributed by atoms with Crippen LogP contribution < -0.4 is 0 Å². The first-order chi connectivity index (χ1) is 6.98. The lowest BCUT2D eigenvalue weighted by molar-refractivity contribution is -0.171. The van der Waals surface area contributed by atoms with Crippen LogP contribution >= 0.6 is 0 Å². The molecule has 3 saturated heterocycles.